The quantitative estimate of drug-likeness (QED) is 0.687. The Bertz CT molecular complexity index is 594. The molecule has 5 heteroatoms. The van der Waals surface area contributed by atoms with Gasteiger partial charge in [-0.2, -0.15) is 0 Å². The number of nitrogens with zero attached hydrogens (tertiary/aromatic N) is 1. The standard InChI is InChI=1S/C16H18N2O2S/c17-14(21)13(11-6-2-1-3-7-11)18-12(19)10-16(15(18)20)8-4-5-9-16/h1-3,6-7,13H,4-5,8-10H2,(H2,17,21). The molecule has 1 atom stereocenters. The number of rotatable bonds is 3. The Kier molecular flexibility index (Phi) is 3.53. The van der Waals surface area contributed by atoms with Gasteiger partial charge in [-0.25, -0.2) is 0 Å². The molecule has 2 aliphatic rings. The minimum absolute atomic E-state index is 0.0911. The molecule has 3 rings (SSSR count). The Morgan fingerprint density at radius 1 is 1.19 bits per heavy atom. The zero-order valence-corrected chi connectivity index (χ0v) is 12.6. The number of imide groups is 1. The van der Waals surface area contributed by atoms with Crippen LogP contribution in [0.3, 0.4) is 0 Å². The van der Waals surface area contributed by atoms with Crippen LogP contribution in [0.1, 0.15) is 43.7 Å². The van der Waals surface area contributed by atoms with Crippen LogP contribution in [-0.2, 0) is 9.59 Å². The van der Waals surface area contributed by atoms with Crippen molar-refractivity contribution in [2.75, 3.05) is 0 Å². The van der Waals surface area contributed by atoms with E-state index in [9.17, 15) is 9.59 Å². The zero-order valence-electron chi connectivity index (χ0n) is 11.7. The van der Waals surface area contributed by atoms with Crippen molar-refractivity contribution in [3.8, 4) is 0 Å². The number of hydrogen-bond donors (Lipinski definition) is 1. The monoisotopic (exact) mass is 302 g/mol. The molecule has 0 bridgehead atoms. The average Bonchev–Trinajstić information content (AvgIpc) is 3.01. The second-order valence-corrected chi connectivity index (χ2v) is 6.42. The first-order valence-corrected chi connectivity index (χ1v) is 7.67. The number of carbonyl (C=O) groups is 2. The van der Waals surface area contributed by atoms with Crippen molar-refractivity contribution >= 4 is 29.0 Å². The van der Waals surface area contributed by atoms with E-state index in [1.54, 1.807) is 0 Å². The van der Waals surface area contributed by atoms with Crippen molar-refractivity contribution in [2.45, 2.75) is 38.1 Å². The van der Waals surface area contributed by atoms with E-state index < -0.39 is 11.5 Å². The minimum Gasteiger partial charge on any atom is -0.391 e. The number of nitrogens with two attached hydrogens (primary N) is 1. The third-order valence-electron chi connectivity index (χ3n) is 4.63. The van der Waals surface area contributed by atoms with Crippen molar-refractivity contribution in [2.24, 2.45) is 11.1 Å². The molecule has 1 aromatic rings. The van der Waals surface area contributed by atoms with E-state index in [1.807, 2.05) is 30.3 Å². The maximum atomic E-state index is 12.8. The van der Waals surface area contributed by atoms with Gasteiger partial charge in [-0.05, 0) is 18.4 Å². The fourth-order valence-electron chi connectivity index (χ4n) is 3.60. The fraction of sp³-hybridized carbons (Fsp3) is 0.438. The van der Waals surface area contributed by atoms with E-state index in [2.05, 4.69) is 0 Å². The highest BCUT2D eigenvalue weighted by Crippen LogP contribution is 2.48. The third kappa shape index (κ3) is 2.25. The number of thiocarbonyl (C=S) groups is 1. The van der Waals surface area contributed by atoms with Crippen LogP contribution >= 0.6 is 12.2 Å². The average molecular weight is 302 g/mol. The van der Waals surface area contributed by atoms with Gasteiger partial charge in [0.15, 0.2) is 0 Å². The van der Waals surface area contributed by atoms with E-state index >= 15 is 0 Å². The van der Waals surface area contributed by atoms with Gasteiger partial charge >= 0.3 is 0 Å². The second kappa shape index (κ2) is 5.22. The van der Waals surface area contributed by atoms with Gasteiger partial charge in [-0.15, -0.1) is 0 Å². The highest BCUT2D eigenvalue weighted by atomic mass is 32.1. The Hall–Kier alpha value is -1.75. The summed E-state index contributed by atoms with van der Waals surface area (Å²) in [6, 6.07) is 8.68. The molecule has 21 heavy (non-hydrogen) atoms. The summed E-state index contributed by atoms with van der Waals surface area (Å²) in [5.41, 5.74) is 6.15. The number of likely N-dealkylation sites (tertiary alicyclic amines) is 1. The Morgan fingerprint density at radius 2 is 1.81 bits per heavy atom. The van der Waals surface area contributed by atoms with Crippen molar-refractivity contribution in [3.63, 3.8) is 0 Å². The van der Waals surface area contributed by atoms with Crippen LogP contribution in [0.2, 0.25) is 0 Å². The Morgan fingerprint density at radius 3 is 2.38 bits per heavy atom. The Labute approximate surface area is 129 Å². The normalized spacial score (nSPS) is 22.0. The smallest absolute Gasteiger partial charge is 0.236 e. The molecule has 110 valence electrons. The van der Waals surface area contributed by atoms with Gasteiger partial charge in [-0.1, -0.05) is 55.4 Å². The molecule has 1 unspecified atom stereocenters. The molecule has 1 heterocycles. The maximum absolute atomic E-state index is 12.8. The number of benzene rings is 1. The van der Waals surface area contributed by atoms with Crippen molar-refractivity contribution < 1.29 is 9.59 Å². The van der Waals surface area contributed by atoms with Crippen LogP contribution in [0.4, 0.5) is 0 Å². The van der Waals surface area contributed by atoms with Crippen LogP contribution in [0.15, 0.2) is 30.3 Å². The predicted molar refractivity (Wildman–Crippen MR) is 83.3 cm³/mol. The third-order valence-corrected chi connectivity index (χ3v) is 4.86. The molecule has 1 aliphatic carbocycles. The lowest BCUT2D eigenvalue weighted by Gasteiger charge is -2.28. The van der Waals surface area contributed by atoms with Crippen LogP contribution in [-0.4, -0.2) is 21.7 Å². The molecule has 4 nitrogen and oxygen atoms in total. The van der Waals surface area contributed by atoms with Gasteiger partial charge in [0.1, 0.15) is 11.0 Å². The van der Waals surface area contributed by atoms with Gasteiger partial charge in [-0.3, -0.25) is 14.5 Å². The number of amides is 2. The lowest BCUT2D eigenvalue weighted by Crippen LogP contribution is -2.42. The first-order chi connectivity index (χ1) is 10.1. The fourth-order valence-corrected chi connectivity index (χ4v) is 3.84. The van der Waals surface area contributed by atoms with Gasteiger partial charge in [0.2, 0.25) is 11.8 Å². The largest absolute Gasteiger partial charge is 0.391 e. The van der Waals surface area contributed by atoms with E-state index in [4.69, 9.17) is 18.0 Å². The summed E-state index contributed by atoms with van der Waals surface area (Å²) in [6.45, 7) is 0. The van der Waals surface area contributed by atoms with Crippen molar-refractivity contribution in [3.05, 3.63) is 35.9 Å². The van der Waals surface area contributed by atoms with Crippen LogP contribution in [0, 0.1) is 5.41 Å². The molecular weight excluding hydrogens is 284 g/mol. The highest BCUT2D eigenvalue weighted by molar-refractivity contribution is 7.80. The summed E-state index contributed by atoms with van der Waals surface area (Å²) >= 11 is 5.14. The van der Waals surface area contributed by atoms with E-state index in [0.717, 1.165) is 31.2 Å². The lowest BCUT2D eigenvalue weighted by atomic mass is 9.84. The Balaban J connectivity index is 1.99. The van der Waals surface area contributed by atoms with Gasteiger partial charge in [0.25, 0.3) is 0 Å². The first kappa shape index (κ1) is 14.2. The molecule has 0 aromatic heterocycles. The summed E-state index contributed by atoms with van der Waals surface area (Å²) < 4.78 is 0. The van der Waals surface area contributed by atoms with E-state index in [-0.39, 0.29) is 16.8 Å². The molecule has 2 fully saturated rings. The van der Waals surface area contributed by atoms with Crippen LogP contribution in [0.25, 0.3) is 0 Å². The minimum atomic E-state index is -0.624. The van der Waals surface area contributed by atoms with Crippen LogP contribution < -0.4 is 5.73 Å². The molecule has 2 N–H and O–H groups in total. The molecule has 0 radical (unpaired) electrons. The summed E-state index contributed by atoms with van der Waals surface area (Å²) in [5, 5.41) is 0. The summed E-state index contributed by atoms with van der Waals surface area (Å²) in [4.78, 5) is 26.8. The summed E-state index contributed by atoms with van der Waals surface area (Å²) in [5.74, 6) is -0.241. The maximum Gasteiger partial charge on any atom is 0.236 e. The predicted octanol–water partition coefficient (Wildman–Crippen LogP) is 2.33. The van der Waals surface area contributed by atoms with Gasteiger partial charge in [0, 0.05) is 6.42 Å². The lowest BCUT2D eigenvalue weighted by molar-refractivity contribution is -0.142. The highest BCUT2D eigenvalue weighted by Gasteiger charge is 2.54. The SMILES string of the molecule is NC(=S)C(c1ccccc1)N1C(=O)CC2(CCCC2)C1=O. The van der Waals surface area contributed by atoms with Crippen molar-refractivity contribution in [1.29, 1.82) is 0 Å². The molecule has 1 saturated heterocycles. The first-order valence-electron chi connectivity index (χ1n) is 7.26. The number of carbonyl (C=O) groups excluding carboxylic acids is 2. The summed E-state index contributed by atoms with van der Waals surface area (Å²) in [7, 11) is 0. The molecule has 1 aromatic carbocycles. The van der Waals surface area contributed by atoms with Gasteiger partial charge in [0.05, 0.1) is 5.41 Å². The zero-order chi connectivity index (χ0) is 15.0. The molecule has 1 saturated carbocycles. The molecular formula is C16H18N2O2S. The summed E-state index contributed by atoms with van der Waals surface area (Å²) in [6.07, 6.45) is 3.92. The molecule has 2 amide bonds. The number of hydrogen-bond acceptors (Lipinski definition) is 3. The van der Waals surface area contributed by atoms with E-state index in [1.165, 1.54) is 4.90 Å². The van der Waals surface area contributed by atoms with Crippen molar-refractivity contribution in [1.82, 2.24) is 4.90 Å². The molecule has 1 spiro atoms. The van der Waals surface area contributed by atoms with Gasteiger partial charge < -0.3 is 5.73 Å². The second-order valence-electron chi connectivity index (χ2n) is 5.95. The molecule has 1 aliphatic heterocycles. The van der Waals surface area contributed by atoms with Crippen LogP contribution in [0.5, 0.6) is 0 Å². The topological polar surface area (TPSA) is 63.4 Å². The van der Waals surface area contributed by atoms with E-state index in [0.29, 0.717) is 6.42 Å².